The maximum Gasteiger partial charge on any atom is 0.181 e. The number of hydrogen-bond donors (Lipinski definition) is 0. The Kier molecular flexibility index (Phi) is 1.38. The van der Waals surface area contributed by atoms with E-state index in [9.17, 15) is 0 Å². The molecule has 0 aromatic heterocycles. The monoisotopic (exact) mass is 103 g/mol. The first-order chi connectivity index (χ1) is 3.00. The van der Waals surface area contributed by atoms with Crippen LogP contribution in [0, 0.1) is 0 Å². The molecule has 1 aliphatic rings. The van der Waals surface area contributed by atoms with E-state index in [0.29, 0.717) is 0 Å². The van der Waals surface area contributed by atoms with E-state index in [-0.39, 0.29) is 0 Å². The van der Waals surface area contributed by atoms with Crippen molar-refractivity contribution in [2.75, 3.05) is 12.4 Å². The van der Waals surface area contributed by atoms with E-state index in [1.54, 1.807) is 0 Å². The zero-order valence-electron chi connectivity index (χ0n) is 3.26. The summed E-state index contributed by atoms with van der Waals surface area (Å²) in [5.74, 6) is 0.997. The average Bonchev–Trinajstić information content (AvgIpc) is 1.72. The molecule has 0 aromatic rings. The Bertz CT molecular complexity index is 55.8. The van der Waals surface area contributed by atoms with Gasteiger partial charge >= 0.3 is 0 Å². The summed E-state index contributed by atoms with van der Waals surface area (Å²) in [7, 11) is 0. The molecule has 3 heteroatoms. The zero-order valence-corrected chi connectivity index (χ0v) is 4.07. The smallest absolute Gasteiger partial charge is 0.181 e. The molecular formula is C3H5NOS. The lowest BCUT2D eigenvalue weighted by molar-refractivity contribution is 0.345. The van der Waals surface area contributed by atoms with Crippen molar-refractivity contribution in [2.45, 2.75) is 0 Å². The molecule has 0 spiro atoms. The van der Waals surface area contributed by atoms with Gasteiger partial charge in [-0.2, -0.15) is 4.40 Å². The molecule has 0 unspecified atom stereocenters. The van der Waals surface area contributed by atoms with Gasteiger partial charge in [0, 0.05) is 5.75 Å². The fourth-order valence-electron chi connectivity index (χ4n) is 0.252. The minimum Gasteiger partial charge on any atom is -0.482 e. The molecule has 0 aliphatic carbocycles. The maximum absolute atomic E-state index is 4.76. The first-order valence-corrected chi connectivity index (χ1v) is 2.70. The van der Waals surface area contributed by atoms with E-state index in [2.05, 4.69) is 4.40 Å². The van der Waals surface area contributed by atoms with E-state index in [1.807, 2.05) is 0 Å². The van der Waals surface area contributed by atoms with Crippen molar-refractivity contribution in [1.82, 2.24) is 0 Å². The van der Waals surface area contributed by atoms with Gasteiger partial charge in [0.25, 0.3) is 0 Å². The minimum absolute atomic E-state index is 0.814. The van der Waals surface area contributed by atoms with E-state index in [1.165, 1.54) is 18.3 Å². The summed E-state index contributed by atoms with van der Waals surface area (Å²) in [6, 6.07) is 0. The molecule has 0 amide bonds. The van der Waals surface area contributed by atoms with Crippen LogP contribution < -0.4 is 0 Å². The van der Waals surface area contributed by atoms with Gasteiger partial charge in [-0.3, -0.25) is 0 Å². The van der Waals surface area contributed by atoms with Crippen LogP contribution in [0.1, 0.15) is 0 Å². The second kappa shape index (κ2) is 2.08. The summed E-state index contributed by atoms with van der Waals surface area (Å²) in [5.41, 5.74) is 0. The highest BCUT2D eigenvalue weighted by Gasteiger charge is 1.88. The lowest BCUT2D eigenvalue weighted by atomic mass is 10.9. The highest BCUT2D eigenvalue weighted by Crippen LogP contribution is 2.02. The Morgan fingerprint density at radius 1 is 1.83 bits per heavy atom. The second-order valence-corrected chi connectivity index (χ2v) is 1.79. The molecule has 0 fully saturated rings. The Morgan fingerprint density at radius 2 is 2.83 bits per heavy atom. The summed E-state index contributed by atoms with van der Waals surface area (Å²) in [6.45, 7) is 0.814. The predicted octanol–water partition coefficient (Wildman–Crippen LogP) is 0.693. The van der Waals surface area contributed by atoms with E-state index >= 15 is 0 Å². The molecule has 1 heterocycles. The van der Waals surface area contributed by atoms with Crippen LogP contribution in [0.15, 0.2) is 4.40 Å². The Hall–Kier alpha value is -0.180. The molecule has 0 atom stereocenters. The molecule has 6 heavy (non-hydrogen) atoms. The molecule has 0 aromatic carbocycles. The first-order valence-electron chi connectivity index (χ1n) is 1.75. The number of hydrogen-bond acceptors (Lipinski definition) is 3. The van der Waals surface area contributed by atoms with E-state index in [4.69, 9.17) is 4.74 Å². The maximum atomic E-state index is 4.76. The third-order valence-corrected chi connectivity index (χ3v) is 1.07. The highest BCUT2D eigenvalue weighted by atomic mass is 32.2. The van der Waals surface area contributed by atoms with Crippen LogP contribution in [0.25, 0.3) is 0 Å². The molecule has 34 valence electrons. The van der Waals surface area contributed by atoms with Crippen molar-refractivity contribution in [3.63, 3.8) is 0 Å². The van der Waals surface area contributed by atoms with Gasteiger partial charge < -0.3 is 4.74 Å². The molecular weight excluding hydrogens is 98.1 g/mol. The predicted molar refractivity (Wildman–Crippen MR) is 26.9 cm³/mol. The lowest BCUT2D eigenvalue weighted by Gasteiger charge is -2.00. The molecule has 0 radical (unpaired) electrons. The highest BCUT2D eigenvalue weighted by molar-refractivity contribution is 7.98. The van der Waals surface area contributed by atoms with Crippen molar-refractivity contribution in [1.29, 1.82) is 0 Å². The van der Waals surface area contributed by atoms with Gasteiger partial charge in [0.05, 0.1) is 0 Å². The van der Waals surface area contributed by atoms with Crippen LogP contribution in [-0.4, -0.2) is 18.8 Å². The van der Waals surface area contributed by atoms with Crippen molar-refractivity contribution in [3.05, 3.63) is 0 Å². The largest absolute Gasteiger partial charge is 0.482 e. The molecule has 1 rings (SSSR count). The van der Waals surface area contributed by atoms with Crippen LogP contribution in [-0.2, 0) is 4.74 Å². The minimum atomic E-state index is 0.814. The van der Waals surface area contributed by atoms with Crippen molar-refractivity contribution in [2.24, 2.45) is 4.40 Å². The van der Waals surface area contributed by atoms with Gasteiger partial charge in [-0.1, -0.05) is 0 Å². The molecule has 0 bridgehead atoms. The van der Waals surface area contributed by atoms with E-state index < -0.39 is 0 Å². The summed E-state index contributed by atoms with van der Waals surface area (Å²) < 4.78 is 8.50. The Balaban J connectivity index is 2.26. The van der Waals surface area contributed by atoms with Crippen LogP contribution in [0.2, 0.25) is 0 Å². The molecule has 0 N–H and O–H groups in total. The number of nitrogens with zero attached hydrogens (tertiary/aromatic N) is 1. The van der Waals surface area contributed by atoms with Crippen molar-refractivity contribution < 1.29 is 4.74 Å². The summed E-state index contributed by atoms with van der Waals surface area (Å²) in [6.07, 6.45) is 1.48. The standard InChI is InChI=1S/C3H5NOS/c1-2-6-4-3-5-1/h3H,1-2H2. The second-order valence-electron chi connectivity index (χ2n) is 0.915. The quantitative estimate of drug-likeness (QED) is 0.421. The Morgan fingerprint density at radius 3 is 3.00 bits per heavy atom. The third kappa shape index (κ3) is 0.897. The van der Waals surface area contributed by atoms with Gasteiger partial charge in [-0.25, -0.2) is 0 Å². The lowest BCUT2D eigenvalue weighted by Crippen LogP contribution is -1.97. The van der Waals surface area contributed by atoms with Gasteiger partial charge in [0.2, 0.25) is 0 Å². The summed E-state index contributed by atoms with van der Waals surface area (Å²) in [5, 5.41) is 0. The fraction of sp³-hybridized carbons (Fsp3) is 0.667. The molecule has 1 aliphatic heterocycles. The average molecular weight is 103 g/mol. The van der Waals surface area contributed by atoms with Gasteiger partial charge in [-0.15, -0.1) is 0 Å². The topological polar surface area (TPSA) is 21.6 Å². The fourth-order valence-corrected chi connectivity index (χ4v) is 0.650. The van der Waals surface area contributed by atoms with Gasteiger partial charge in [0.15, 0.2) is 6.40 Å². The summed E-state index contributed by atoms with van der Waals surface area (Å²) in [4.78, 5) is 0. The van der Waals surface area contributed by atoms with Crippen molar-refractivity contribution >= 4 is 18.3 Å². The van der Waals surface area contributed by atoms with Crippen LogP contribution in [0.4, 0.5) is 0 Å². The van der Waals surface area contributed by atoms with Gasteiger partial charge in [-0.05, 0) is 11.9 Å². The van der Waals surface area contributed by atoms with Crippen LogP contribution in [0.3, 0.4) is 0 Å². The van der Waals surface area contributed by atoms with Crippen LogP contribution >= 0.6 is 11.9 Å². The third-order valence-electron chi connectivity index (χ3n) is 0.485. The summed E-state index contributed by atoms with van der Waals surface area (Å²) >= 11 is 1.54. The van der Waals surface area contributed by atoms with Crippen LogP contribution in [0.5, 0.6) is 0 Å². The van der Waals surface area contributed by atoms with E-state index in [0.717, 1.165) is 12.4 Å². The first kappa shape index (κ1) is 3.99. The van der Waals surface area contributed by atoms with Gasteiger partial charge in [0.1, 0.15) is 6.61 Å². The Labute approximate surface area is 40.7 Å². The number of ether oxygens (including phenoxy) is 1. The molecule has 0 saturated heterocycles. The van der Waals surface area contributed by atoms with Crippen molar-refractivity contribution in [3.8, 4) is 0 Å². The molecule has 2 nitrogen and oxygen atoms in total. The normalized spacial score (nSPS) is 20.0. The SMILES string of the molecule is C1=NSCCO1. The molecule has 0 saturated carbocycles. The zero-order chi connectivity index (χ0) is 4.24. The number of rotatable bonds is 0.